The lowest BCUT2D eigenvalue weighted by molar-refractivity contribution is 0.362. The Morgan fingerprint density at radius 1 is 1.33 bits per heavy atom. The molecule has 0 atom stereocenters. The van der Waals surface area contributed by atoms with Crippen LogP contribution in [-0.2, 0) is 6.42 Å². The van der Waals surface area contributed by atoms with Crippen molar-refractivity contribution in [1.82, 2.24) is 0 Å². The van der Waals surface area contributed by atoms with E-state index < -0.39 is 0 Å². The number of allylic oxidation sites excluding steroid dienone is 1. The number of ether oxygens (including phenoxy) is 1. The minimum absolute atomic E-state index is 0.344. The van der Waals surface area contributed by atoms with E-state index >= 15 is 0 Å². The Bertz CT molecular complexity index is 725. The normalized spacial score (nSPS) is 10.7. The third-order valence-electron chi connectivity index (χ3n) is 3.13. The van der Waals surface area contributed by atoms with E-state index in [0.717, 1.165) is 23.8 Å². The van der Waals surface area contributed by atoms with Crippen LogP contribution >= 0.6 is 11.6 Å². The molecule has 0 aliphatic heterocycles. The maximum Gasteiger partial charge on any atom is 0.336 e. The molecule has 0 amide bonds. The summed E-state index contributed by atoms with van der Waals surface area (Å²) in [6, 6.07) is 5.03. The Morgan fingerprint density at radius 3 is 2.76 bits per heavy atom. The van der Waals surface area contributed by atoms with E-state index in [1.807, 2.05) is 26.0 Å². The first-order chi connectivity index (χ1) is 10.0. The molecule has 0 unspecified atom stereocenters. The van der Waals surface area contributed by atoms with E-state index in [9.17, 15) is 4.79 Å². The van der Waals surface area contributed by atoms with Crippen LogP contribution in [0, 0.1) is 0 Å². The lowest BCUT2D eigenvalue weighted by atomic mass is 10.1. The quantitative estimate of drug-likeness (QED) is 0.591. The topological polar surface area (TPSA) is 39.4 Å². The van der Waals surface area contributed by atoms with E-state index in [2.05, 4.69) is 6.92 Å². The lowest BCUT2D eigenvalue weighted by Gasteiger charge is -2.09. The molecule has 0 aliphatic carbocycles. The molecule has 0 saturated heterocycles. The Labute approximate surface area is 129 Å². The molecule has 0 spiro atoms. The van der Waals surface area contributed by atoms with Crippen molar-refractivity contribution in [1.29, 1.82) is 0 Å². The van der Waals surface area contributed by atoms with E-state index in [1.165, 1.54) is 11.6 Å². The zero-order valence-corrected chi connectivity index (χ0v) is 13.3. The van der Waals surface area contributed by atoms with Crippen molar-refractivity contribution in [2.24, 2.45) is 0 Å². The molecule has 0 aliphatic rings. The van der Waals surface area contributed by atoms with Crippen LogP contribution in [0.15, 0.2) is 39.1 Å². The number of benzene rings is 1. The van der Waals surface area contributed by atoms with Gasteiger partial charge in [-0.05, 0) is 38.0 Å². The largest absolute Gasteiger partial charge is 0.488 e. The average molecular weight is 307 g/mol. The van der Waals surface area contributed by atoms with Crippen LogP contribution in [0.5, 0.6) is 5.75 Å². The summed E-state index contributed by atoms with van der Waals surface area (Å²) >= 11 is 6.26. The summed E-state index contributed by atoms with van der Waals surface area (Å²) in [7, 11) is 0. The average Bonchev–Trinajstić information content (AvgIpc) is 2.40. The van der Waals surface area contributed by atoms with Crippen molar-refractivity contribution in [3.63, 3.8) is 0 Å². The molecule has 0 N–H and O–H groups in total. The zero-order chi connectivity index (χ0) is 15.4. The predicted molar refractivity (Wildman–Crippen MR) is 86.4 cm³/mol. The van der Waals surface area contributed by atoms with Gasteiger partial charge in [-0.1, -0.05) is 30.5 Å². The van der Waals surface area contributed by atoms with Crippen LogP contribution in [0.1, 0.15) is 32.8 Å². The molecule has 21 heavy (non-hydrogen) atoms. The number of fused-ring (bicyclic) bond motifs is 1. The molecule has 2 rings (SSSR count). The second kappa shape index (κ2) is 6.81. The molecule has 2 aromatic rings. The van der Waals surface area contributed by atoms with Gasteiger partial charge in [0.1, 0.15) is 17.9 Å². The summed E-state index contributed by atoms with van der Waals surface area (Å²) in [5.74, 6) is 0.526. The van der Waals surface area contributed by atoms with Gasteiger partial charge in [-0.2, -0.15) is 0 Å². The minimum atomic E-state index is -0.344. The van der Waals surface area contributed by atoms with Gasteiger partial charge in [-0.15, -0.1) is 0 Å². The van der Waals surface area contributed by atoms with Gasteiger partial charge in [0.25, 0.3) is 0 Å². The first-order valence-electron chi connectivity index (χ1n) is 7.03. The standard InChI is InChI=1S/C17H19ClO3/c1-4-5-12-8-17(19)21-15-10-16(14(18)9-13(12)15)20-7-6-11(2)3/h6,8-10H,4-5,7H2,1-3H3. The van der Waals surface area contributed by atoms with E-state index in [1.54, 1.807) is 6.07 Å². The first kappa shape index (κ1) is 15.6. The summed E-state index contributed by atoms with van der Waals surface area (Å²) in [4.78, 5) is 11.6. The van der Waals surface area contributed by atoms with Crippen LogP contribution < -0.4 is 10.4 Å². The molecule has 4 heteroatoms. The number of halogens is 1. The lowest BCUT2D eigenvalue weighted by Crippen LogP contribution is -2.01. The molecular formula is C17H19ClO3. The molecule has 0 bridgehead atoms. The fraction of sp³-hybridized carbons (Fsp3) is 0.353. The molecular weight excluding hydrogens is 288 g/mol. The number of aryl methyl sites for hydroxylation is 1. The molecule has 1 aromatic heterocycles. The molecule has 0 radical (unpaired) electrons. The summed E-state index contributed by atoms with van der Waals surface area (Å²) in [5, 5.41) is 1.40. The molecule has 1 aromatic carbocycles. The maximum atomic E-state index is 11.6. The summed E-state index contributed by atoms with van der Waals surface area (Å²) < 4.78 is 10.9. The Balaban J connectivity index is 2.44. The van der Waals surface area contributed by atoms with Crippen molar-refractivity contribution < 1.29 is 9.15 Å². The molecule has 0 saturated carbocycles. The van der Waals surface area contributed by atoms with Gasteiger partial charge in [0, 0.05) is 17.5 Å². The third-order valence-corrected chi connectivity index (χ3v) is 3.43. The van der Waals surface area contributed by atoms with Crippen molar-refractivity contribution in [2.45, 2.75) is 33.6 Å². The highest BCUT2D eigenvalue weighted by Crippen LogP contribution is 2.31. The number of rotatable bonds is 5. The van der Waals surface area contributed by atoms with Gasteiger partial charge in [0.05, 0.1) is 5.02 Å². The third kappa shape index (κ3) is 3.88. The smallest absolute Gasteiger partial charge is 0.336 e. The van der Waals surface area contributed by atoms with Crippen molar-refractivity contribution in [3.8, 4) is 5.75 Å². The second-order valence-electron chi connectivity index (χ2n) is 5.21. The van der Waals surface area contributed by atoms with Gasteiger partial charge in [-0.25, -0.2) is 4.79 Å². The fourth-order valence-corrected chi connectivity index (χ4v) is 2.33. The highest BCUT2D eigenvalue weighted by atomic mass is 35.5. The van der Waals surface area contributed by atoms with Crippen LogP contribution in [0.25, 0.3) is 11.0 Å². The molecule has 3 nitrogen and oxygen atoms in total. The van der Waals surface area contributed by atoms with Crippen LogP contribution in [0.2, 0.25) is 5.02 Å². The predicted octanol–water partition coefficient (Wildman–Crippen LogP) is 4.74. The summed E-state index contributed by atoms with van der Waals surface area (Å²) in [5.41, 5.74) is 2.30. The van der Waals surface area contributed by atoms with Crippen LogP contribution in [0.3, 0.4) is 0 Å². The highest BCUT2D eigenvalue weighted by molar-refractivity contribution is 6.32. The van der Waals surface area contributed by atoms with Gasteiger partial charge < -0.3 is 9.15 Å². The Hall–Kier alpha value is -1.74. The minimum Gasteiger partial charge on any atom is -0.488 e. The number of hydrogen-bond donors (Lipinski definition) is 0. The molecule has 112 valence electrons. The van der Waals surface area contributed by atoms with E-state index in [4.69, 9.17) is 20.8 Å². The van der Waals surface area contributed by atoms with E-state index in [0.29, 0.717) is 23.0 Å². The SMILES string of the molecule is CCCc1cc(=O)oc2cc(OCC=C(C)C)c(Cl)cc12. The van der Waals surface area contributed by atoms with E-state index in [-0.39, 0.29) is 5.63 Å². The Kier molecular flexibility index (Phi) is 5.07. The monoisotopic (exact) mass is 306 g/mol. The highest BCUT2D eigenvalue weighted by Gasteiger charge is 2.10. The van der Waals surface area contributed by atoms with Gasteiger partial charge in [0.2, 0.25) is 0 Å². The summed E-state index contributed by atoms with van der Waals surface area (Å²) in [6.07, 6.45) is 3.73. The second-order valence-corrected chi connectivity index (χ2v) is 5.62. The van der Waals surface area contributed by atoms with Crippen molar-refractivity contribution >= 4 is 22.6 Å². The first-order valence-corrected chi connectivity index (χ1v) is 7.41. The fourth-order valence-electron chi connectivity index (χ4n) is 2.11. The maximum absolute atomic E-state index is 11.6. The molecule has 0 fully saturated rings. The zero-order valence-electron chi connectivity index (χ0n) is 12.5. The summed E-state index contributed by atoms with van der Waals surface area (Å²) in [6.45, 7) is 6.51. The van der Waals surface area contributed by atoms with Gasteiger partial charge >= 0.3 is 5.63 Å². The molecule has 1 heterocycles. The van der Waals surface area contributed by atoms with Crippen LogP contribution in [-0.4, -0.2) is 6.61 Å². The van der Waals surface area contributed by atoms with Crippen LogP contribution in [0.4, 0.5) is 0 Å². The van der Waals surface area contributed by atoms with Gasteiger partial charge in [0.15, 0.2) is 0 Å². The Morgan fingerprint density at radius 2 is 2.10 bits per heavy atom. The van der Waals surface area contributed by atoms with Crippen molar-refractivity contribution in [2.75, 3.05) is 6.61 Å². The number of hydrogen-bond acceptors (Lipinski definition) is 3. The van der Waals surface area contributed by atoms with Gasteiger partial charge in [-0.3, -0.25) is 0 Å². The van der Waals surface area contributed by atoms with Crippen molar-refractivity contribution in [3.05, 3.63) is 50.9 Å².